The number of esters is 1. The maximum absolute atomic E-state index is 13.0. The van der Waals surface area contributed by atoms with Gasteiger partial charge < -0.3 is 14.5 Å². The summed E-state index contributed by atoms with van der Waals surface area (Å²) in [6, 6.07) is 29.1. The van der Waals surface area contributed by atoms with Gasteiger partial charge in [-0.25, -0.2) is 0 Å². The Morgan fingerprint density at radius 1 is 0.816 bits per heavy atom. The molecule has 0 bridgehead atoms. The number of halogens is 1. The lowest BCUT2D eigenvalue weighted by Crippen LogP contribution is -2.10. The highest BCUT2D eigenvalue weighted by atomic mass is 35.5. The van der Waals surface area contributed by atoms with Crippen molar-refractivity contribution in [2.24, 2.45) is 0 Å². The van der Waals surface area contributed by atoms with Crippen molar-refractivity contribution in [1.82, 2.24) is 4.98 Å². The molecule has 0 fully saturated rings. The number of benzene rings is 4. The Kier molecular flexibility index (Phi) is 7.29. The molecule has 0 atom stereocenters. The van der Waals surface area contributed by atoms with Crippen molar-refractivity contribution in [3.63, 3.8) is 0 Å². The van der Waals surface area contributed by atoms with E-state index in [4.69, 9.17) is 21.1 Å². The zero-order chi connectivity index (χ0) is 26.6. The van der Waals surface area contributed by atoms with Crippen molar-refractivity contribution in [2.75, 3.05) is 13.7 Å². The van der Waals surface area contributed by atoms with Gasteiger partial charge in [0.1, 0.15) is 5.75 Å². The van der Waals surface area contributed by atoms with Crippen molar-refractivity contribution in [3.05, 3.63) is 112 Å². The van der Waals surface area contributed by atoms with Crippen molar-refractivity contribution in [2.45, 2.75) is 13.3 Å². The molecule has 1 heterocycles. The van der Waals surface area contributed by atoms with Crippen LogP contribution in [0.2, 0.25) is 5.02 Å². The van der Waals surface area contributed by atoms with Crippen LogP contribution in [0, 0.1) is 0 Å². The summed E-state index contributed by atoms with van der Waals surface area (Å²) in [4.78, 5) is 27.8. The normalized spacial score (nSPS) is 10.9. The molecule has 0 radical (unpaired) electrons. The van der Waals surface area contributed by atoms with Gasteiger partial charge >= 0.3 is 5.97 Å². The molecule has 0 saturated heterocycles. The first-order valence-corrected chi connectivity index (χ1v) is 12.7. The highest BCUT2D eigenvalue weighted by molar-refractivity contribution is 6.34. The molecule has 38 heavy (non-hydrogen) atoms. The van der Waals surface area contributed by atoms with Crippen LogP contribution in [0.25, 0.3) is 44.3 Å². The quantitative estimate of drug-likeness (QED) is 0.227. The molecule has 0 amide bonds. The molecule has 0 saturated carbocycles. The minimum absolute atomic E-state index is 0.151. The van der Waals surface area contributed by atoms with Crippen LogP contribution in [0.3, 0.4) is 0 Å². The van der Waals surface area contributed by atoms with Gasteiger partial charge in [0.2, 0.25) is 0 Å². The number of fused-ring (bicyclic) bond motifs is 1. The monoisotopic (exact) mass is 523 g/mol. The number of pyridine rings is 1. The van der Waals surface area contributed by atoms with E-state index in [-0.39, 0.29) is 17.9 Å². The van der Waals surface area contributed by atoms with E-state index in [1.165, 1.54) is 0 Å². The van der Waals surface area contributed by atoms with Crippen LogP contribution in [-0.2, 0) is 16.0 Å². The van der Waals surface area contributed by atoms with Crippen LogP contribution >= 0.6 is 11.6 Å². The van der Waals surface area contributed by atoms with Gasteiger partial charge in [-0.05, 0) is 58.8 Å². The fraction of sp³-hybridized carbons (Fsp3) is 0.125. The fourth-order valence-corrected chi connectivity index (χ4v) is 4.88. The summed E-state index contributed by atoms with van der Waals surface area (Å²) in [5.41, 5.74) is 6.33. The molecule has 4 aromatic carbocycles. The van der Waals surface area contributed by atoms with E-state index in [1.807, 2.05) is 84.9 Å². The van der Waals surface area contributed by atoms with Crippen LogP contribution in [-0.4, -0.2) is 24.7 Å². The van der Waals surface area contributed by atoms with Gasteiger partial charge in [-0.15, -0.1) is 0 Å². The Bertz CT molecular complexity index is 1690. The maximum atomic E-state index is 13.0. The largest absolute Gasteiger partial charge is 0.496 e. The molecule has 190 valence electrons. The molecule has 0 aliphatic carbocycles. The molecule has 1 aromatic heterocycles. The molecule has 0 aliphatic rings. The number of carbonyl (C=O) groups excluding carboxylic acids is 1. The summed E-state index contributed by atoms with van der Waals surface area (Å²) >= 11 is 6.66. The predicted octanol–water partition coefficient (Wildman–Crippen LogP) is 7.30. The zero-order valence-electron chi connectivity index (χ0n) is 21.1. The molecule has 6 heteroatoms. The third-order valence-electron chi connectivity index (χ3n) is 6.44. The second-order valence-electron chi connectivity index (χ2n) is 8.89. The van der Waals surface area contributed by atoms with Gasteiger partial charge in [-0.2, -0.15) is 0 Å². The van der Waals surface area contributed by atoms with E-state index in [0.717, 1.165) is 44.5 Å². The minimum atomic E-state index is -0.298. The molecule has 0 unspecified atom stereocenters. The van der Waals surface area contributed by atoms with Crippen LogP contribution in [0.4, 0.5) is 0 Å². The third kappa shape index (κ3) is 5.20. The topological polar surface area (TPSA) is 68.4 Å². The lowest BCUT2D eigenvalue weighted by molar-refractivity contribution is -0.142. The predicted molar refractivity (Wildman–Crippen MR) is 153 cm³/mol. The van der Waals surface area contributed by atoms with E-state index in [2.05, 4.69) is 4.98 Å². The Morgan fingerprint density at radius 3 is 2.26 bits per heavy atom. The molecule has 0 spiro atoms. The molecule has 0 aliphatic heterocycles. The average molecular weight is 524 g/mol. The number of ether oxygens (including phenoxy) is 2. The highest BCUT2D eigenvalue weighted by Crippen LogP contribution is 2.35. The SMILES string of the molecule is CCOC(=O)Cc1cccc(-c2cc3cc(-c4ccc(-c5ccccc5OC)cc4)c(Cl)cc3[nH]c2=O)c1. The smallest absolute Gasteiger partial charge is 0.310 e. The Morgan fingerprint density at radius 2 is 1.53 bits per heavy atom. The van der Waals surface area contributed by atoms with E-state index in [0.29, 0.717) is 22.7 Å². The summed E-state index contributed by atoms with van der Waals surface area (Å²) < 4.78 is 10.6. The number of hydrogen-bond acceptors (Lipinski definition) is 4. The van der Waals surface area contributed by atoms with Gasteiger partial charge in [0.15, 0.2) is 0 Å². The summed E-state index contributed by atoms with van der Waals surface area (Å²) in [6.07, 6.45) is 0.151. The number of methoxy groups -OCH3 is 1. The highest BCUT2D eigenvalue weighted by Gasteiger charge is 2.13. The van der Waals surface area contributed by atoms with Gasteiger partial charge in [0.05, 0.1) is 25.2 Å². The number of aromatic amines is 1. The van der Waals surface area contributed by atoms with E-state index < -0.39 is 0 Å². The summed E-state index contributed by atoms with van der Waals surface area (Å²) in [5, 5.41) is 1.39. The van der Waals surface area contributed by atoms with Gasteiger partial charge in [-0.1, -0.05) is 78.3 Å². The molecule has 1 N–H and O–H groups in total. The van der Waals surface area contributed by atoms with Gasteiger partial charge in [0.25, 0.3) is 5.56 Å². The first-order valence-electron chi connectivity index (χ1n) is 12.3. The average Bonchev–Trinajstić information content (AvgIpc) is 2.93. The third-order valence-corrected chi connectivity index (χ3v) is 6.75. The van der Waals surface area contributed by atoms with Crippen LogP contribution < -0.4 is 10.3 Å². The fourth-order valence-electron chi connectivity index (χ4n) is 4.60. The van der Waals surface area contributed by atoms with E-state index in [9.17, 15) is 9.59 Å². The van der Waals surface area contributed by atoms with Crippen LogP contribution in [0.5, 0.6) is 5.75 Å². The number of aromatic nitrogens is 1. The Balaban J connectivity index is 1.52. The van der Waals surface area contributed by atoms with Crippen LogP contribution in [0.15, 0.2) is 95.8 Å². The van der Waals surface area contributed by atoms with E-state index in [1.54, 1.807) is 20.1 Å². The lowest BCUT2D eigenvalue weighted by atomic mass is 9.97. The number of H-pyrrole nitrogens is 1. The number of hydrogen-bond donors (Lipinski definition) is 1. The second-order valence-corrected chi connectivity index (χ2v) is 9.30. The summed E-state index contributed by atoms with van der Waals surface area (Å²) in [6.45, 7) is 2.11. The Hall–Kier alpha value is -4.35. The maximum Gasteiger partial charge on any atom is 0.310 e. The second kappa shape index (κ2) is 11.0. The first-order chi connectivity index (χ1) is 18.5. The zero-order valence-corrected chi connectivity index (χ0v) is 21.8. The first kappa shape index (κ1) is 25.3. The number of nitrogens with one attached hydrogen (secondary N) is 1. The van der Waals surface area contributed by atoms with Crippen molar-refractivity contribution >= 4 is 28.5 Å². The van der Waals surface area contributed by atoms with Crippen molar-refractivity contribution in [3.8, 4) is 39.1 Å². The summed E-state index contributed by atoms with van der Waals surface area (Å²) in [5.74, 6) is 0.514. The number of carbonyl (C=O) groups is 1. The van der Waals surface area contributed by atoms with Gasteiger partial charge in [0, 0.05) is 22.2 Å². The van der Waals surface area contributed by atoms with Crippen LogP contribution in [0.1, 0.15) is 12.5 Å². The van der Waals surface area contributed by atoms with Crippen molar-refractivity contribution in [1.29, 1.82) is 0 Å². The van der Waals surface area contributed by atoms with E-state index >= 15 is 0 Å². The molecule has 5 aromatic rings. The molecular weight excluding hydrogens is 498 g/mol. The number of para-hydroxylation sites is 1. The van der Waals surface area contributed by atoms with Gasteiger partial charge in [-0.3, -0.25) is 9.59 Å². The summed E-state index contributed by atoms with van der Waals surface area (Å²) in [7, 11) is 1.66. The standard InChI is InChI=1S/C32H26ClNO4/c1-3-38-31(35)16-20-7-6-8-23(15-20)27-18-24-17-26(28(33)19-29(24)34-32(27)36)22-13-11-21(12-14-22)25-9-4-5-10-30(25)37-2/h4-15,17-19H,3,16H2,1-2H3,(H,34,36). The molecule has 5 rings (SSSR count). The number of rotatable bonds is 7. The molecular formula is C32H26ClNO4. The molecule has 5 nitrogen and oxygen atoms in total. The van der Waals surface area contributed by atoms with Crippen molar-refractivity contribution < 1.29 is 14.3 Å². The Labute approximate surface area is 225 Å². The minimum Gasteiger partial charge on any atom is -0.496 e. The lowest BCUT2D eigenvalue weighted by Gasteiger charge is -2.11.